The van der Waals surface area contributed by atoms with E-state index in [0.717, 1.165) is 18.5 Å². The number of hydrogen-bond donors (Lipinski definition) is 1. The summed E-state index contributed by atoms with van der Waals surface area (Å²) in [6.07, 6.45) is 13.3. The van der Waals surface area contributed by atoms with Crippen LogP contribution in [0, 0.1) is 5.92 Å². The van der Waals surface area contributed by atoms with Crippen molar-refractivity contribution in [3.63, 3.8) is 0 Å². The number of rotatable bonds is 4. The van der Waals surface area contributed by atoms with Gasteiger partial charge in [-0.05, 0) is 31.6 Å². The van der Waals surface area contributed by atoms with Gasteiger partial charge in [0, 0.05) is 12.6 Å². The highest BCUT2D eigenvalue weighted by Gasteiger charge is 2.19. The first-order valence-electron chi connectivity index (χ1n) is 5.35. The number of allylic oxidation sites excluding steroid dienone is 1. The lowest BCUT2D eigenvalue weighted by atomic mass is 10.1. The van der Waals surface area contributed by atoms with E-state index in [1.807, 2.05) is 0 Å². The normalized spacial score (nSPS) is 25.7. The summed E-state index contributed by atoms with van der Waals surface area (Å²) in [6, 6.07) is 0.859. The second-order valence-electron chi connectivity index (χ2n) is 4.16. The predicted octanol–water partition coefficient (Wildman–Crippen LogP) is 2.48. The van der Waals surface area contributed by atoms with Gasteiger partial charge in [0.1, 0.15) is 0 Å². The minimum atomic E-state index is 0.859. The Hall–Kier alpha value is -0.300. The van der Waals surface area contributed by atoms with E-state index in [-0.39, 0.29) is 0 Å². The summed E-state index contributed by atoms with van der Waals surface area (Å²) in [5.74, 6) is 0.908. The fourth-order valence-corrected chi connectivity index (χ4v) is 1.93. The van der Waals surface area contributed by atoms with Crippen molar-refractivity contribution < 1.29 is 0 Å². The Bertz CT molecular complexity index is 152. The molecule has 2 saturated carbocycles. The van der Waals surface area contributed by atoms with Crippen LogP contribution in [0.2, 0.25) is 0 Å². The van der Waals surface area contributed by atoms with Gasteiger partial charge in [-0.25, -0.2) is 0 Å². The Morgan fingerprint density at radius 3 is 2.50 bits per heavy atom. The van der Waals surface area contributed by atoms with Gasteiger partial charge in [0.25, 0.3) is 0 Å². The van der Waals surface area contributed by atoms with Crippen LogP contribution in [0.3, 0.4) is 0 Å². The van der Waals surface area contributed by atoms with E-state index in [2.05, 4.69) is 17.5 Å². The second kappa shape index (κ2) is 4.08. The number of nitrogens with one attached hydrogen (secondary N) is 1. The van der Waals surface area contributed by atoms with Gasteiger partial charge in [-0.3, -0.25) is 0 Å². The molecule has 2 aliphatic rings. The average Bonchev–Trinajstić information content (AvgIpc) is 2.76. The zero-order valence-corrected chi connectivity index (χ0v) is 7.76. The third kappa shape index (κ3) is 2.63. The van der Waals surface area contributed by atoms with Crippen molar-refractivity contribution in [2.45, 2.75) is 44.6 Å². The van der Waals surface area contributed by atoms with Crippen molar-refractivity contribution in [1.82, 2.24) is 5.32 Å². The van der Waals surface area contributed by atoms with Crippen LogP contribution in [0.5, 0.6) is 0 Å². The van der Waals surface area contributed by atoms with Gasteiger partial charge in [-0.15, -0.1) is 0 Å². The largest absolute Gasteiger partial charge is 0.311 e. The standard InChI is InChI=1S/C11H19N/c1-2-5-10(4-1)6-3-9-12-11-7-8-11/h3,6,10-12H,1-2,4-5,7-9H2. The van der Waals surface area contributed by atoms with Crippen LogP contribution >= 0.6 is 0 Å². The molecule has 68 valence electrons. The Morgan fingerprint density at radius 1 is 1.08 bits per heavy atom. The predicted molar refractivity (Wildman–Crippen MR) is 52.1 cm³/mol. The van der Waals surface area contributed by atoms with E-state index < -0.39 is 0 Å². The van der Waals surface area contributed by atoms with Crippen molar-refractivity contribution >= 4 is 0 Å². The van der Waals surface area contributed by atoms with E-state index in [4.69, 9.17) is 0 Å². The van der Waals surface area contributed by atoms with Crippen molar-refractivity contribution in [3.05, 3.63) is 12.2 Å². The Labute approximate surface area is 75.2 Å². The second-order valence-corrected chi connectivity index (χ2v) is 4.16. The first-order valence-corrected chi connectivity index (χ1v) is 5.35. The topological polar surface area (TPSA) is 12.0 Å². The van der Waals surface area contributed by atoms with E-state index in [9.17, 15) is 0 Å². The van der Waals surface area contributed by atoms with Crippen LogP contribution in [-0.4, -0.2) is 12.6 Å². The molecule has 12 heavy (non-hydrogen) atoms. The first kappa shape index (κ1) is 8.31. The SMILES string of the molecule is C(=CC1CCCC1)CNC1CC1. The zero-order chi connectivity index (χ0) is 8.23. The highest BCUT2D eigenvalue weighted by atomic mass is 14.9. The molecular formula is C11H19N. The van der Waals surface area contributed by atoms with Gasteiger partial charge in [0.05, 0.1) is 0 Å². The van der Waals surface area contributed by atoms with Crippen molar-refractivity contribution in [2.75, 3.05) is 6.54 Å². The van der Waals surface area contributed by atoms with Crippen molar-refractivity contribution in [3.8, 4) is 0 Å². The van der Waals surface area contributed by atoms with Crippen molar-refractivity contribution in [1.29, 1.82) is 0 Å². The molecule has 0 radical (unpaired) electrons. The molecule has 0 spiro atoms. The Morgan fingerprint density at radius 2 is 1.83 bits per heavy atom. The third-order valence-electron chi connectivity index (χ3n) is 2.91. The molecule has 2 fully saturated rings. The summed E-state index contributed by atoms with van der Waals surface area (Å²) < 4.78 is 0. The van der Waals surface area contributed by atoms with E-state index >= 15 is 0 Å². The lowest BCUT2D eigenvalue weighted by molar-refractivity contribution is 0.677. The minimum absolute atomic E-state index is 0.859. The average molecular weight is 165 g/mol. The fraction of sp³-hybridized carbons (Fsp3) is 0.818. The molecule has 0 aromatic carbocycles. The molecular weight excluding hydrogens is 146 g/mol. The van der Waals surface area contributed by atoms with E-state index in [1.165, 1.54) is 38.5 Å². The summed E-state index contributed by atoms with van der Waals surface area (Å²) in [7, 11) is 0. The molecule has 0 unspecified atom stereocenters. The highest BCUT2D eigenvalue weighted by molar-refractivity contribution is 4.94. The maximum absolute atomic E-state index is 3.49. The molecule has 0 amide bonds. The summed E-state index contributed by atoms with van der Waals surface area (Å²) in [6.45, 7) is 1.10. The van der Waals surface area contributed by atoms with Crippen molar-refractivity contribution in [2.24, 2.45) is 5.92 Å². The molecule has 0 heterocycles. The van der Waals surface area contributed by atoms with Gasteiger partial charge in [-0.1, -0.05) is 25.0 Å². The molecule has 1 N–H and O–H groups in total. The summed E-state index contributed by atoms with van der Waals surface area (Å²) in [5, 5.41) is 3.49. The minimum Gasteiger partial charge on any atom is -0.311 e. The van der Waals surface area contributed by atoms with Crippen LogP contribution in [0.1, 0.15) is 38.5 Å². The van der Waals surface area contributed by atoms with E-state index in [0.29, 0.717) is 0 Å². The molecule has 0 atom stereocenters. The first-order chi connectivity index (χ1) is 5.95. The summed E-state index contributed by atoms with van der Waals surface area (Å²) in [4.78, 5) is 0. The summed E-state index contributed by atoms with van der Waals surface area (Å²) >= 11 is 0. The van der Waals surface area contributed by atoms with Gasteiger partial charge in [0.2, 0.25) is 0 Å². The lowest BCUT2D eigenvalue weighted by Crippen LogP contribution is -2.15. The zero-order valence-electron chi connectivity index (χ0n) is 7.76. The number of hydrogen-bond acceptors (Lipinski definition) is 1. The molecule has 0 aliphatic heterocycles. The Balaban J connectivity index is 1.56. The monoisotopic (exact) mass is 165 g/mol. The molecule has 0 bridgehead atoms. The van der Waals surface area contributed by atoms with Crippen LogP contribution in [0.4, 0.5) is 0 Å². The smallest absolute Gasteiger partial charge is 0.0137 e. The third-order valence-corrected chi connectivity index (χ3v) is 2.91. The van der Waals surface area contributed by atoms with Gasteiger partial charge < -0.3 is 5.32 Å². The quantitative estimate of drug-likeness (QED) is 0.631. The van der Waals surface area contributed by atoms with Crippen LogP contribution in [-0.2, 0) is 0 Å². The highest BCUT2D eigenvalue weighted by Crippen LogP contribution is 2.25. The lowest BCUT2D eigenvalue weighted by Gasteiger charge is -2.00. The maximum Gasteiger partial charge on any atom is 0.0137 e. The molecule has 1 nitrogen and oxygen atoms in total. The Kier molecular flexibility index (Phi) is 2.83. The molecule has 0 aromatic heterocycles. The van der Waals surface area contributed by atoms with Crippen LogP contribution < -0.4 is 5.32 Å². The molecule has 0 saturated heterocycles. The fourth-order valence-electron chi connectivity index (χ4n) is 1.93. The molecule has 2 rings (SSSR count). The van der Waals surface area contributed by atoms with Gasteiger partial charge in [-0.2, -0.15) is 0 Å². The molecule has 2 aliphatic carbocycles. The van der Waals surface area contributed by atoms with Crippen LogP contribution in [0.25, 0.3) is 0 Å². The summed E-state index contributed by atoms with van der Waals surface area (Å²) in [5.41, 5.74) is 0. The van der Waals surface area contributed by atoms with Gasteiger partial charge in [0.15, 0.2) is 0 Å². The molecule has 0 aromatic rings. The van der Waals surface area contributed by atoms with E-state index in [1.54, 1.807) is 0 Å². The maximum atomic E-state index is 3.49. The van der Waals surface area contributed by atoms with Gasteiger partial charge >= 0.3 is 0 Å². The molecule has 1 heteroatoms. The van der Waals surface area contributed by atoms with Crippen LogP contribution in [0.15, 0.2) is 12.2 Å².